The summed E-state index contributed by atoms with van der Waals surface area (Å²) >= 11 is 0. The van der Waals surface area contributed by atoms with Crippen molar-refractivity contribution in [1.82, 2.24) is 19.8 Å². The molecule has 1 aliphatic heterocycles. The highest BCUT2D eigenvalue weighted by Crippen LogP contribution is 2.24. The zero-order valence-corrected chi connectivity index (χ0v) is 13.8. The SMILES string of the molecule is CCCNC(=O)N1CC(Cn2c(C)cnc2-c2ccccc2)C1. The van der Waals surface area contributed by atoms with Gasteiger partial charge in [-0.1, -0.05) is 37.3 Å². The molecule has 0 aliphatic carbocycles. The van der Waals surface area contributed by atoms with Crippen molar-refractivity contribution in [3.8, 4) is 11.4 Å². The number of imidazole rings is 1. The molecule has 1 saturated heterocycles. The average Bonchev–Trinajstić information content (AvgIpc) is 2.89. The number of nitrogens with zero attached hydrogens (tertiary/aromatic N) is 3. The van der Waals surface area contributed by atoms with Crippen LogP contribution >= 0.6 is 0 Å². The van der Waals surface area contributed by atoms with Gasteiger partial charge < -0.3 is 14.8 Å². The fourth-order valence-electron chi connectivity index (χ4n) is 2.96. The van der Waals surface area contributed by atoms with Crippen molar-refractivity contribution in [1.29, 1.82) is 0 Å². The molecule has 122 valence electrons. The average molecular weight is 312 g/mol. The molecular formula is C18H24N4O. The van der Waals surface area contributed by atoms with Crippen molar-refractivity contribution in [2.45, 2.75) is 26.8 Å². The van der Waals surface area contributed by atoms with E-state index in [9.17, 15) is 4.79 Å². The first kappa shape index (κ1) is 15.6. The van der Waals surface area contributed by atoms with Crippen LogP contribution in [0, 0.1) is 12.8 Å². The van der Waals surface area contributed by atoms with Gasteiger partial charge in [-0.2, -0.15) is 0 Å². The summed E-state index contributed by atoms with van der Waals surface area (Å²) in [5.74, 6) is 1.51. The Kier molecular flexibility index (Phi) is 4.65. The lowest BCUT2D eigenvalue weighted by Gasteiger charge is -2.39. The van der Waals surface area contributed by atoms with Crippen LogP contribution in [0.3, 0.4) is 0 Å². The fraction of sp³-hybridized carbons (Fsp3) is 0.444. The van der Waals surface area contributed by atoms with E-state index < -0.39 is 0 Å². The molecule has 0 atom stereocenters. The summed E-state index contributed by atoms with van der Waals surface area (Å²) in [6.07, 6.45) is 2.89. The molecule has 2 heterocycles. The van der Waals surface area contributed by atoms with E-state index in [1.165, 1.54) is 0 Å². The van der Waals surface area contributed by atoms with Crippen molar-refractivity contribution >= 4 is 6.03 Å². The molecule has 1 fully saturated rings. The molecule has 0 unspecified atom stereocenters. The monoisotopic (exact) mass is 312 g/mol. The fourth-order valence-corrected chi connectivity index (χ4v) is 2.96. The van der Waals surface area contributed by atoms with Crippen LogP contribution in [0.1, 0.15) is 19.0 Å². The number of benzene rings is 1. The van der Waals surface area contributed by atoms with E-state index in [4.69, 9.17) is 0 Å². The van der Waals surface area contributed by atoms with E-state index in [1.807, 2.05) is 29.3 Å². The lowest BCUT2D eigenvalue weighted by atomic mass is 10.0. The van der Waals surface area contributed by atoms with Gasteiger partial charge in [0.2, 0.25) is 0 Å². The lowest BCUT2D eigenvalue weighted by Crippen LogP contribution is -2.55. The Morgan fingerprint density at radius 3 is 2.74 bits per heavy atom. The molecule has 2 aromatic rings. The van der Waals surface area contributed by atoms with Crippen LogP contribution < -0.4 is 5.32 Å². The van der Waals surface area contributed by atoms with Crippen molar-refractivity contribution in [3.63, 3.8) is 0 Å². The van der Waals surface area contributed by atoms with Crippen LogP contribution in [0.25, 0.3) is 11.4 Å². The van der Waals surface area contributed by atoms with Gasteiger partial charge in [0.15, 0.2) is 0 Å². The topological polar surface area (TPSA) is 50.2 Å². The molecule has 5 nitrogen and oxygen atoms in total. The summed E-state index contributed by atoms with van der Waals surface area (Å²) in [6, 6.07) is 10.3. The third-order valence-corrected chi connectivity index (χ3v) is 4.30. The van der Waals surface area contributed by atoms with Crippen molar-refractivity contribution in [2.24, 2.45) is 5.92 Å². The summed E-state index contributed by atoms with van der Waals surface area (Å²) in [6.45, 7) is 7.45. The highest BCUT2D eigenvalue weighted by Gasteiger charge is 2.31. The summed E-state index contributed by atoms with van der Waals surface area (Å²) < 4.78 is 2.27. The number of amides is 2. The zero-order chi connectivity index (χ0) is 16.2. The Balaban J connectivity index is 1.62. The molecule has 3 rings (SSSR count). The number of carbonyl (C=O) groups excluding carboxylic acids is 1. The van der Waals surface area contributed by atoms with Gasteiger partial charge in [0, 0.05) is 49.6 Å². The van der Waals surface area contributed by atoms with Crippen molar-refractivity contribution < 1.29 is 4.79 Å². The number of aromatic nitrogens is 2. The second-order valence-electron chi connectivity index (χ2n) is 6.20. The van der Waals surface area contributed by atoms with Crippen LogP contribution in [0.4, 0.5) is 4.79 Å². The molecular weight excluding hydrogens is 288 g/mol. The predicted molar refractivity (Wildman–Crippen MR) is 91.2 cm³/mol. The quantitative estimate of drug-likeness (QED) is 0.923. The Morgan fingerprint density at radius 2 is 2.04 bits per heavy atom. The van der Waals surface area contributed by atoms with Crippen LogP contribution in [0.5, 0.6) is 0 Å². The third-order valence-electron chi connectivity index (χ3n) is 4.30. The van der Waals surface area contributed by atoms with Gasteiger partial charge in [-0.15, -0.1) is 0 Å². The van der Waals surface area contributed by atoms with E-state index in [0.717, 1.165) is 49.7 Å². The van der Waals surface area contributed by atoms with E-state index in [-0.39, 0.29) is 6.03 Å². The zero-order valence-electron chi connectivity index (χ0n) is 13.8. The summed E-state index contributed by atoms with van der Waals surface area (Å²) in [7, 11) is 0. The second kappa shape index (κ2) is 6.86. The molecule has 1 aliphatic rings. The number of rotatable bonds is 5. The van der Waals surface area contributed by atoms with Gasteiger partial charge in [-0.05, 0) is 13.3 Å². The van der Waals surface area contributed by atoms with Gasteiger partial charge in [0.1, 0.15) is 5.82 Å². The number of likely N-dealkylation sites (tertiary alicyclic amines) is 1. The molecule has 2 amide bonds. The molecule has 0 saturated carbocycles. The van der Waals surface area contributed by atoms with E-state index in [0.29, 0.717) is 5.92 Å². The van der Waals surface area contributed by atoms with Crippen molar-refractivity contribution in [3.05, 3.63) is 42.2 Å². The van der Waals surface area contributed by atoms with Crippen LogP contribution in [-0.4, -0.2) is 40.1 Å². The van der Waals surface area contributed by atoms with Gasteiger partial charge in [-0.25, -0.2) is 9.78 Å². The third kappa shape index (κ3) is 3.38. The highest BCUT2D eigenvalue weighted by atomic mass is 16.2. The van der Waals surface area contributed by atoms with Gasteiger partial charge in [-0.3, -0.25) is 0 Å². The molecule has 0 radical (unpaired) electrons. The van der Waals surface area contributed by atoms with E-state index in [1.54, 1.807) is 0 Å². The van der Waals surface area contributed by atoms with Crippen LogP contribution in [0.15, 0.2) is 36.5 Å². The minimum Gasteiger partial charge on any atom is -0.338 e. The van der Waals surface area contributed by atoms with Crippen LogP contribution in [-0.2, 0) is 6.54 Å². The van der Waals surface area contributed by atoms with Gasteiger partial charge in [0.05, 0.1) is 0 Å². The number of hydrogen-bond acceptors (Lipinski definition) is 2. The number of aryl methyl sites for hydroxylation is 1. The maximum atomic E-state index is 11.9. The van der Waals surface area contributed by atoms with Gasteiger partial charge >= 0.3 is 6.03 Å². The molecule has 5 heteroatoms. The summed E-state index contributed by atoms with van der Waals surface area (Å²) in [4.78, 5) is 18.3. The minimum atomic E-state index is 0.0636. The normalized spacial score (nSPS) is 14.6. The Labute approximate surface area is 137 Å². The molecule has 0 bridgehead atoms. The smallest absolute Gasteiger partial charge is 0.317 e. The number of carbonyl (C=O) groups is 1. The summed E-state index contributed by atoms with van der Waals surface area (Å²) in [5.41, 5.74) is 2.30. The maximum Gasteiger partial charge on any atom is 0.317 e. The lowest BCUT2D eigenvalue weighted by molar-refractivity contribution is 0.110. The Hall–Kier alpha value is -2.30. The first-order valence-electron chi connectivity index (χ1n) is 8.29. The van der Waals surface area contributed by atoms with E-state index >= 15 is 0 Å². The Morgan fingerprint density at radius 1 is 1.30 bits per heavy atom. The number of urea groups is 1. The Bertz CT molecular complexity index is 659. The largest absolute Gasteiger partial charge is 0.338 e. The number of hydrogen-bond donors (Lipinski definition) is 1. The van der Waals surface area contributed by atoms with Gasteiger partial charge in [0.25, 0.3) is 0 Å². The van der Waals surface area contributed by atoms with E-state index in [2.05, 4.69) is 40.8 Å². The predicted octanol–water partition coefficient (Wildman–Crippen LogP) is 2.91. The highest BCUT2D eigenvalue weighted by molar-refractivity contribution is 5.75. The maximum absolute atomic E-state index is 11.9. The summed E-state index contributed by atoms with van der Waals surface area (Å²) in [5, 5.41) is 2.93. The first-order chi connectivity index (χ1) is 11.2. The molecule has 0 spiro atoms. The molecule has 1 aromatic carbocycles. The second-order valence-corrected chi connectivity index (χ2v) is 6.20. The first-order valence-corrected chi connectivity index (χ1v) is 8.29. The van der Waals surface area contributed by atoms with Crippen LogP contribution in [0.2, 0.25) is 0 Å². The molecule has 1 aromatic heterocycles. The van der Waals surface area contributed by atoms with Crippen molar-refractivity contribution in [2.75, 3.05) is 19.6 Å². The number of nitrogens with one attached hydrogen (secondary N) is 1. The molecule has 1 N–H and O–H groups in total. The molecule has 23 heavy (non-hydrogen) atoms. The minimum absolute atomic E-state index is 0.0636. The standard InChI is InChI=1S/C18H24N4O/c1-3-9-19-18(23)21-11-15(12-21)13-22-14(2)10-20-17(22)16-7-5-4-6-8-16/h4-8,10,15H,3,9,11-13H2,1-2H3,(H,19,23).